The molecule has 0 heterocycles. The van der Waals surface area contributed by atoms with Gasteiger partial charge in [-0.1, -0.05) is 186 Å². The summed E-state index contributed by atoms with van der Waals surface area (Å²) in [5.41, 5.74) is 0. The van der Waals surface area contributed by atoms with Crippen LogP contribution in [0, 0.1) is 0 Å². The second kappa shape index (κ2) is 39.9. The molecule has 57 heavy (non-hydrogen) atoms. The highest BCUT2D eigenvalue weighted by atomic mass is 31.2. The molecule has 9 nitrogen and oxygen atoms in total. The molecule has 336 valence electrons. The molecular formula is C47H90NO8P. The molecule has 0 amide bonds. The maximum atomic E-state index is 12.7. The molecule has 0 N–H and O–H groups in total. The van der Waals surface area contributed by atoms with Crippen LogP contribution in [0.25, 0.3) is 0 Å². The summed E-state index contributed by atoms with van der Waals surface area (Å²) in [6.45, 7) is 4.21. The number of phosphoric ester groups is 1. The van der Waals surface area contributed by atoms with E-state index in [2.05, 4.69) is 38.2 Å². The minimum absolute atomic E-state index is 0.0321. The zero-order chi connectivity index (χ0) is 42.1. The van der Waals surface area contributed by atoms with Gasteiger partial charge >= 0.3 is 11.9 Å². The number of phosphoric acid groups is 1. The summed E-state index contributed by atoms with van der Waals surface area (Å²) < 4.78 is 33.9. The number of quaternary nitrogens is 1. The van der Waals surface area contributed by atoms with Crippen molar-refractivity contribution in [1.29, 1.82) is 0 Å². The van der Waals surface area contributed by atoms with Crippen molar-refractivity contribution in [2.75, 3.05) is 47.5 Å². The summed E-state index contributed by atoms with van der Waals surface area (Å²) in [7, 11) is 1.16. The van der Waals surface area contributed by atoms with Gasteiger partial charge in [0.05, 0.1) is 27.7 Å². The SMILES string of the molecule is CCCCCC/C=C/C=C/CCCCCCCC(=O)O[C@H](COC(=O)CCCCCCCCCCCCCCCCCCCC)COP(=O)([O-])OCC[N+](C)(C)C. The number of unbranched alkanes of at least 4 members (excludes halogenated alkanes) is 26. The average Bonchev–Trinajstić information content (AvgIpc) is 3.16. The molecular weight excluding hydrogens is 737 g/mol. The lowest BCUT2D eigenvalue weighted by atomic mass is 10.0. The molecule has 0 rings (SSSR count). The molecule has 0 fully saturated rings. The number of carbonyl (C=O) groups is 2. The first-order valence-corrected chi connectivity index (χ1v) is 25.0. The van der Waals surface area contributed by atoms with Crippen molar-refractivity contribution >= 4 is 19.8 Å². The zero-order valence-corrected chi connectivity index (χ0v) is 38.7. The van der Waals surface area contributed by atoms with Crippen molar-refractivity contribution in [2.24, 2.45) is 0 Å². The van der Waals surface area contributed by atoms with Gasteiger partial charge in [0.15, 0.2) is 6.10 Å². The lowest BCUT2D eigenvalue weighted by Gasteiger charge is -2.28. The summed E-state index contributed by atoms with van der Waals surface area (Å²) in [6.07, 6.45) is 43.4. The number of hydrogen-bond acceptors (Lipinski definition) is 8. The van der Waals surface area contributed by atoms with E-state index in [4.69, 9.17) is 18.5 Å². The summed E-state index contributed by atoms with van der Waals surface area (Å²) in [5.74, 6) is -0.843. The van der Waals surface area contributed by atoms with Crippen LogP contribution in [0.1, 0.15) is 213 Å². The Morgan fingerprint density at radius 2 is 0.930 bits per heavy atom. The smallest absolute Gasteiger partial charge is 0.306 e. The Kier molecular flexibility index (Phi) is 38.9. The fourth-order valence-electron chi connectivity index (χ4n) is 6.53. The Labute approximate surface area is 351 Å². The van der Waals surface area contributed by atoms with Gasteiger partial charge in [-0.3, -0.25) is 14.2 Å². The molecule has 0 aromatic heterocycles. The van der Waals surface area contributed by atoms with Gasteiger partial charge in [-0.25, -0.2) is 0 Å². The third-order valence-corrected chi connectivity index (χ3v) is 11.2. The molecule has 0 aliphatic rings. The van der Waals surface area contributed by atoms with Crippen LogP contribution in [0.15, 0.2) is 24.3 Å². The molecule has 0 saturated heterocycles. The Balaban J connectivity index is 4.30. The summed E-state index contributed by atoms with van der Waals surface area (Å²) in [5, 5.41) is 0. The predicted molar refractivity (Wildman–Crippen MR) is 236 cm³/mol. The van der Waals surface area contributed by atoms with Gasteiger partial charge in [-0.2, -0.15) is 0 Å². The normalized spacial score (nSPS) is 13.7. The summed E-state index contributed by atoms with van der Waals surface area (Å²) in [6, 6.07) is 0. The number of nitrogens with zero attached hydrogens (tertiary/aromatic N) is 1. The van der Waals surface area contributed by atoms with E-state index in [-0.39, 0.29) is 32.0 Å². The number of likely N-dealkylation sites (N-methyl/N-ethyl adjacent to an activating group) is 1. The van der Waals surface area contributed by atoms with E-state index in [1.807, 2.05) is 21.1 Å². The summed E-state index contributed by atoms with van der Waals surface area (Å²) >= 11 is 0. The van der Waals surface area contributed by atoms with Gasteiger partial charge in [0.2, 0.25) is 0 Å². The molecule has 10 heteroatoms. The molecule has 0 aliphatic heterocycles. The first-order valence-electron chi connectivity index (χ1n) is 23.6. The van der Waals surface area contributed by atoms with Gasteiger partial charge in [0.1, 0.15) is 19.8 Å². The third kappa shape index (κ3) is 43.9. The van der Waals surface area contributed by atoms with Crippen molar-refractivity contribution in [3.63, 3.8) is 0 Å². The second-order valence-electron chi connectivity index (χ2n) is 17.2. The molecule has 2 atom stereocenters. The highest BCUT2D eigenvalue weighted by molar-refractivity contribution is 7.45. The number of allylic oxidation sites excluding steroid dienone is 4. The van der Waals surface area contributed by atoms with E-state index >= 15 is 0 Å². The molecule has 1 unspecified atom stereocenters. The van der Waals surface area contributed by atoms with Crippen LogP contribution >= 0.6 is 7.82 Å². The number of esters is 2. The monoisotopic (exact) mass is 828 g/mol. The number of ether oxygens (including phenoxy) is 2. The van der Waals surface area contributed by atoms with E-state index in [9.17, 15) is 19.0 Å². The quantitative estimate of drug-likeness (QED) is 0.0196. The highest BCUT2D eigenvalue weighted by Crippen LogP contribution is 2.38. The van der Waals surface area contributed by atoms with E-state index in [1.165, 1.54) is 122 Å². The van der Waals surface area contributed by atoms with Crippen molar-refractivity contribution in [3.05, 3.63) is 24.3 Å². The maximum absolute atomic E-state index is 12.7. The topological polar surface area (TPSA) is 111 Å². The van der Waals surface area contributed by atoms with Crippen LogP contribution in [0.5, 0.6) is 0 Å². The minimum Gasteiger partial charge on any atom is -0.756 e. The van der Waals surface area contributed by atoms with Crippen molar-refractivity contribution in [2.45, 2.75) is 219 Å². The van der Waals surface area contributed by atoms with Gasteiger partial charge in [-0.05, 0) is 38.5 Å². The molecule has 0 saturated carbocycles. The van der Waals surface area contributed by atoms with Crippen LogP contribution in [-0.2, 0) is 32.7 Å². The standard InChI is InChI=1S/C47H90NO8P/c1-6-8-10-12-14-16-18-20-22-23-24-26-27-29-31-33-35-37-39-46(49)53-43-45(44-55-57(51,52)54-42-41-48(3,4)5)56-47(50)40-38-36-34-32-30-28-25-21-19-17-15-13-11-9-7-2/h17,19,21,25,45H,6-16,18,20,22-24,26-44H2,1-5H3/b19-17+,25-21+/t45-/m1/s1. The molecule has 0 aromatic carbocycles. The van der Waals surface area contributed by atoms with Gasteiger partial charge in [-0.15, -0.1) is 0 Å². The van der Waals surface area contributed by atoms with Crippen molar-refractivity contribution in [1.82, 2.24) is 0 Å². The van der Waals surface area contributed by atoms with Crippen molar-refractivity contribution < 1.29 is 42.1 Å². The lowest BCUT2D eigenvalue weighted by molar-refractivity contribution is -0.870. The molecule has 0 spiro atoms. The molecule has 0 radical (unpaired) electrons. The van der Waals surface area contributed by atoms with E-state index < -0.39 is 26.5 Å². The van der Waals surface area contributed by atoms with Gasteiger partial charge in [0.25, 0.3) is 7.82 Å². The summed E-state index contributed by atoms with van der Waals surface area (Å²) in [4.78, 5) is 37.6. The maximum Gasteiger partial charge on any atom is 0.306 e. The third-order valence-electron chi connectivity index (χ3n) is 10.3. The Morgan fingerprint density at radius 1 is 0.544 bits per heavy atom. The molecule has 0 aliphatic carbocycles. The Hall–Kier alpha value is -1.51. The van der Waals surface area contributed by atoms with E-state index in [1.54, 1.807) is 0 Å². The zero-order valence-electron chi connectivity index (χ0n) is 37.8. The van der Waals surface area contributed by atoms with Gasteiger partial charge < -0.3 is 27.9 Å². The van der Waals surface area contributed by atoms with E-state index in [0.29, 0.717) is 17.4 Å². The Bertz CT molecular complexity index is 1030. The van der Waals surface area contributed by atoms with Crippen LogP contribution in [0.2, 0.25) is 0 Å². The van der Waals surface area contributed by atoms with Crippen LogP contribution < -0.4 is 4.89 Å². The fourth-order valence-corrected chi connectivity index (χ4v) is 7.26. The fraction of sp³-hybridized carbons (Fsp3) is 0.872. The molecule has 0 bridgehead atoms. The van der Waals surface area contributed by atoms with Crippen LogP contribution in [0.3, 0.4) is 0 Å². The average molecular weight is 828 g/mol. The minimum atomic E-state index is -4.63. The van der Waals surface area contributed by atoms with Crippen molar-refractivity contribution in [3.8, 4) is 0 Å². The first kappa shape index (κ1) is 55.5. The lowest BCUT2D eigenvalue weighted by Crippen LogP contribution is -2.37. The van der Waals surface area contributed by atoms with Crippen LogP contribution in [-0.4, -0.2) is 70.0 Å². The number of carbonyl (C=O) groups excluding carboxylic acids is 2. The second-order valence-corrected chi connectivity index (χ2v) is 18.6. The largest absolute Gasteiger partial charge is 0.756 e. The number of hydrogen-bond donors (Lipinski definition) is 0. The van der Waals surface area contributed by atoms with E-state index in [0.717, 1.165) is 57.8 Å². The van der Waals surface area contributed by atoms with Gasteiger partial charge in [0, 0.05) is 12.8 Å². The molecule has 0 aromatic rings. The number of rotatable bonds is 43. The first-order chi connectivity index (χ1) is 27.5. The predicted octanol–water partition coefficient (Wildman–Crippen LogP) is 12.9. The highest BCUT2D eigenvalue weighted by Gasteiger charge is 2.21. The van der Waals surface area contributed by atoms with Crippen LogP contribution in [0.4, 0.5) is 0 Å². The Morgan fingerprint density at radius 3 is 1.37 bits per heavy atom.